The van der Waals surface area contributed by atoms with Crippen molar-refractivity contribution in [3.05, 3.63) is 11.9 Å². The van der Waals surface area contributed by atoms with Crippen molar-refractivity contribution in [2.24, 2.45) is 7.05 Å². The van der Waals surface area contributed by atoms with E-state index in [0.717, 1.165) is 17.8 Å². The fraction of sp³-hybridized carbons (Fsp3) is 0.636. The van der Waals surface area contributed by atoms with Gasteiger partial charge in [-0.3, -0.25) is 4.68 Å². The van der Waals surface area contributed by atoms with Gasteiger partial charge in [-0.15, -0.1) is 0 Å². The van der Waals surface area contributed by atoms with Crippen LogP contribution in [0.2, 0.25) is 0 Å². The lowest BCUT2D eigenvalue weighted by Gasteiger charge is -2.18. The van der Waals surface area contributed by atoms with Crippen molar-refractivity contribution in [2.75, 3.05) is 18.4 Å². The number of hydrogen-bond donors (Lipinski definition) is 1. The molecule has 1 aromatic heterocycles. The van der Waals surface area contributed by atoms with Gasteiger partial charge in [0.1, 0.15) is 0 Å². The summed E-state index contributed by atoms with van der Waals surface area (Å²) in [4.78, 5) is 13.6. The molecule has 1 heterocycles. The van der Waals surface area contributed by atoms with E-state index < -0.39 is 0 Å². The van der Waals surface area contributed by atoms with Gasteiger partial charge in [0.2, 0.25) is 0 Å². The third-order valence-electron chi connectivity index (χ3n) is 2.53. The molecule has 0 atom stereocenters. The van der Waals surface area contributed by atoms with Crippen LogP contribution >= 0.6 is 0 Å². The molecule has 1 aromatic rings. The van der Waals surface area contributed by atoms with Crippen molar-refractivity contribution < 1.29 is 4.79 Å². The van der Waals surface area contributed by atoms with E-state index in [9.17, 15) is 4.79 Å². The molecule has 0 saturated carbocycles. The maximum Gasteiger partial charge on any atom is 0.321 e. The van der Waals surface area contributed by atoms with Crippen molar-refractivity contribution in [2.45, 2.75) is 27.2 Å². The molecule has 0 aliphatic rings. The first-order valence-electron chi connectivity index (χ1n) is 5.70. The lowest BCUT2D eigenvalue weighted by Crippen LogP contribution is -2.34. The predicted molar refractivity (Wildman–Crippen MR) is 64.5 cm³/mol. The summed E-state index contributed by atoms with van der Waals surface area (Å²) in [5.74, 6) is 0. The van der Waals surface area contributed by atoms with Gasteiger partial charge in [0.15, 0.2) is 0 Å². The molecule has 0 radical (unpaired) electrons. The summed E-state index contributed by atoms with van der Waals surface area (Å²) in [5, 5.41) is 7.16. The largest absolute Gasteiger partial charge is 0.325 e. The van der Waals surface area contributed by atoms with E-state index in [-0.39, 0.29) is 6.03 Å². The van der Waals surface area contributed by atoms with E-state index in [1.807, 2.05) is 34.0 Å². The van der Waals surface area contributed by atoms with E-state index in [0.29, 0.717) is 13.1 Å². The summed E-state index contributed by atoms with van der Waals surface area (Å²) in [5.41, 5.74) is 1.73. The van der Waals surface area contributed by atoms with Gasteiger partial charge in [-0.2, -0.15) is 5.10 Å². The van der Waals surface area contributed by atoms with Crippen LogP contribution in [0.25, 0.3) is 0 Å². The molecule has 90 valence electrons. The second-order valence-corrected chi connectivity index (χ2v) is 3.62. The highest BCUT2D eigenvalue weighted by molar-refractivity contribution is 5.89. The second kappa shape index (κ2) is 5.53. The minimum absolute atomic E-state index is 0.0623. The van der Waals surface area contributed by atoms with Crippen LogP contribution in [0.3, 0.4) is 0 Å². The van der Waals surface area contributed by atoms with Crippen LogP contribution in [0.15, 0.2) is 6.20 Å². The Hall–Kier alpha value is -1.52. The Balaban J connectivity index is 2.75. The fourth-order valence-corrected chi connectivity index (χ4v) is 1.61. The summed E-state index contributed by atoms with van der Waals surface area (Å²) in [6.07, 6.45) is 2.65. The van der Waals surface area contributed by atoms with Crippen LogP contribution in [-0.4, -0.2) is 33.8 Å². The molecule has 0 fully saturated rings. The molecule has 0 aromatic carbocycles. The Bertz CT molecular complexity index is 355. The van der Waals surface area contributed by atoms with Crippen LogP contribution in [0.4, 0.5) is 10.5 Å². The molecule has 1 rings (SSSR count). The molecule has 0 aliphatic heterocycles. The van der Waals surface area contributed by atoms with Crippen LogP contribution < -0.4 is 5.32 Å². The van der Waals surface area contributed by atoms with Crippen LogP contribution in [0.1, 0.15) is 26.5 Å². The van der Waals surface area contributed by atoms with Crippen LogP contribution in [-0.2, 0) is 13.5 Å². The van der Waals surface area contributed by atoms with E-state index >= 15 is 0 Å². The summed E-state index contributed by atoms with van der Waals surface area (Å²) >= 11 is 0. The van der Waals surface area contributed by atoms with Crippen molar-refractivity contribution in [3.8, 4) is 0 Å². The molecule has 5 heteroatoms. The first kappa shape index (κ1) is 12.5. The molecule has 5 nitrogen and oxygen atoms in total. The number of rotatable bonds is 4. The maximum atomic E-state index is 11.8. The highest BCUT2D eigenvalue weighted by Gasteiger charge is 2.13. The SMILES string of the molecule is CCc1nn(C)cc1NC(=O)N(CC)CC. The molecular formula is C11H20N4O. The zero-order valence-electron chi connectivity index (χ0n) is 10.4. The number of nitrogens with zero attached hydrogens (tertiary/aromatic N) is 3. The standard InChI is InChI=1S/C11H20N4O/c1-5-9-10(8-14(4)13-9)12-11(16)15(6-2)7-3/h8H,5-7H2,1-4H3,(H,12,16). The average Bonchev–Trinajstić information content (AvgIpc) is 2.60. The number of carbonyl (C=O) groups excluding carboxylic acids is 1. The van der Waals surface area contributed by atoms with Crippen molar-refractivity contribution in [1.82, 2.24) is 14.7 Å². The van der Waals surface area contributed by atoms with Gasteiger partial charge >= 0.3 is 6.03 Å². The smallest absolute Gasteiger partial charge is 0.321 e. The summed E-state index contributed by atoms with van der Waals surface area (Å²) in [6, 6.07) is -0.0623. The number of nitrogens with one attached hydrogen (secondary N) is 1. The lowest BCUT2D eigenvalue weighted by atomic mass is 10.3. The monoisotopic (exact) mass is 224 g/mol. The normalized spacial score (nSPS) is 10.2. The highest BCUT2D eigenvalue weighted by Crippen LogP contribution is 2.14. The average molecular weight is 224 g/mol. The Morgan fingerprint density at radius 2 is 2.06 bits per heavy atom. The first-order valence-corrected chi connectivity index (χ1v) is 5.70. The van der Waals surface area contributed by atoms with Crippen LogP contribution in [0, 0.1) is 0 Å². The Morgan fingerprint density at radius 3 is 2.56 bits per heavy atom. The number of amides is 2. The van der Waals surface area contributed by atoms with E-state index in [2.05, 4.69) is 10.4 Å². The molecule has 0 aliphatic carbocycles. The predicted octanol–water partition coefficient (Wildman–Crippen LogP) is 1.86. The molecule has 1 N–H and O–H groups in total. The van der Waals surface area contributed by atoms with Gasteiger partial charge in [-0.1, -0.05) is 6.92 Å². The Kier molecular flexibility index (Phi) is 4.34. The number of urea groups is 1. The maximum absolute atomic E-state index is 11.8. The van der Waals surface area contributed by atoms with Crippen molar-refractivity contribution >= 4 is 11.7 Å². The molecular weight excluding hydrogens is 204 g/mol. The van der Waals surface area contributed by atoms with E-state index in [1.165, 1.54) is 0 Å². The second-order valence-electron chi connectivity index (χ2n) is 3.62. The Morgan fingerprint density at radius 1 is 1.44 bits per heavy atom. The van der Waals surface area contributed by atoms with Crippen molar-refractivity contribution in [3.63, 3.8) is 0 Å². The number of anilines is 1. The topological polar surface area (TPSA) is 50.2 Å². The summed E-state index contributed by atoms with van der Waals surface area (Å²) in [6.45, 7) is 7.38. The molecule has 16 heavy (non-hydrogen) atoms. The zero-order valence-corrected chi connectivity index (χ0v) is 10.4. The zero-order chi connectivity index (χ0) is 12.1. The minimum Gasteiger partial charge on any atom is -0.325 e. The summed E-state index contributed by atoms with van der Waals surface area (Å²) < 4.78 is 1.72. The van der Waals surface area contributed by atoms with Gasteiger partial charge in [0.05, 0.1) is 11.4 Å². The number of aromatic nitrogens is 2. The van der Waals surface area contributed by atoms with E-state index in [1.54, 1.807) is 9.58 Å². The molecule has 2 amide bonds. The van der Waals surface area contributed by atoms with Crippen LogP contribution in [0.5, 0.6) is 0 Å². The number of hydrogen-bond acceptors (Lipinski definition) is 2. The molecule has 0 unspecified atom stereocenters. The quantitative estimate of drug-likeness (QED) is 0.848. The molecule has 0 saturated heterocycles. The van der Waals surface area contributed by atoms with Gasteiger partial charge in [-0.05, 0) is 20.3 Å². The molecule has 0 spiro atoms. The number of aryl methyl sites for hydroxylation is 2. The van der Waals surface area contributed by atoms with Gasteiger partial charge in [0.25, 0.3) is 0 Å². The highest BCUT2D eigenvalue weighted by atomic mass is 16.2. The van der Waals surface area contributed by atoms with Gasteiger partial charge < -0.3 is 10.2 Å². The Labute approximate surface area is 96.4 Å². The molecule has 0 bridgehead atoms. The first-order chi connectivity index (χ1) is 7.62. The lowest BCUT2D eigenvalue weighted by molar-refractivity contribution is 0.217. The fourth-order valence-electron chi connectivity index (χ4n) is 1.61. The number of carbonyl (C=O) groups is 1. The van der Waals surface area contributed by atoms with Crippen molar-refractivity contribution in [1.29, 1.82) is 0 Å². The third-order valence-corrected chi connectivity index (χ3v) is 2.53. The summed E-state index contributed by atoms with van der Waals surface area (Å²) in [7, 11) is 1.85. The van der Waals surface area contributed by atoms with E-state index in [4.69, 9.17) is 0 Å². The van der Waals surface area contributed by atoms with Gasteiger partial charge in [0, 0.05) is 26.3 Å². The van der Waals surface area contributed by atoms with Gasteiger partial charge in [-0.25, -0.2) is 4.79 Å². The minimum atomic E-state index is -0.0623. The third kappa shape index (κ3) is 2.74.